The molecule has 2 fully saturated rings. The van der Waals surface area contributed by atoms with Gasteiger partial charge in [-0.25, -0.2) is 0 Å². The largest absolute Gasteiger partial charge is 0.457 e. The minimum Gasteiger partial charge on any atom is -0.457 e. The Hall–Kier alpha value is -3.15. The molecule has 0 bridgehead atoms. The van der Waals surface area contributed by atoms with Crippen LogP contribution >= 0.6 is 0 Å². The molecule has 186 valence electrons. The topological polar surface area (TPSA) is 53.0 Å². The molecular weight excluding hydrogens is 448 g/mol. The number of β-amino-alcohol motifs (C(OH)–C–C–N with tert-alkyl or cyclic N) is 1. The quantitative estimate of drug-likeness (QED) is 0.551. The van der Waals surface area contributed by atoms with E-state index in [0.29, 0.717) is 31.0 Å². The van der Waals surface area contributed by atoms with E-state index in [4.69, 9.17) is 4.74 Å². The van der Waals surface area contributed by atoms with Crippen LogP contribution < -0.4 is 4.74 Å². The molecule has 0 radical (unpaired) electrons. The van der Waals surface area contributed by atoms with Crippen molar-refractivity contribution in [3.63, 3.8) is 0 Å². The van der Waals surface area contributed by atoms with Crippen molar-refractivity contribution in [3.05, 3.63) is 95.1 Å². The number of fused-ring (bicyclic) bond motifs is 2. The van der Waals surface area contributed by atoms with Gasteiger partial charge in [-0.3, -0.25) is 4.79 Å². The maximum Gasteiger partial charge on any atom is 0.254 e. The predicted molar refractivity (Wildman–Crippen MR) is 141 cm³/mol. The van der Waals surface area contributed by atoms with Crippen molar-refractivity contribution in [2.75, 3.05) is 32.7 Å². The lowest BCUT2D eigenvalue weighted by atomic mass is 9.74. The number of amides is 1. The molecule has 3 aromatic rings. The van der Waals surface area contributed by atoms with Gasteiger partial charge in [-0.2, -0.15) is 0 Å². The van der Waals surface area contributed by atoms with Gasteiger partial charge in [-0.1, -0.05) is 54.6 Å². The Labute approximate surface area is 213 Å². The monoisotopic (exact) mass is 482 g/mol. The molecule has 0 aliphatic carbocycles. The van der Waals surface area contributed by atoms with Gasteiger partial charge in [0.15, 0.2) is 0 Å². The van der Waals surface area contributed by atoms with E-state index < -0.39 is 6.10 Å². The van der Waals surface area contributed by atoms with Crippen molar-refractivity contribution in [2.24, 2.45) is 5.92 Å². The standard InChI is InChI=1S/C31H34N2O3/c34-25-15-19-33(21-25)31(35)24-10-11-27-29(20-24)36-28-9-5-4-8-26(28)30(27)23-13-17-32(18-14-23)16-12-22-6-2-1-3-7-22/h1-11,20,23,25,30,34H,12-19,21H2/t25-,30?/m0/s1. The molecule has 3 heterocycles. The maximum absolute atomic E-state index is 13.1. The van der Waals surface area contributed by atoms with E-state index in [1.807, 2.05) is 24.3 Å². The normalized spacial score (nSPS) is 22.1. The summed E-state index contributed by atoms with van der Waals surface area (Å²) in [5.41, 5.74) is 4.49. The third-order valence-corrected chi connectivity index (χ3v) is 8.18. The number of aliphatic hydroxyl groups excluding tert-OH is 1. The van der Waals surface area contributed by atoms with Crippen molar-refractivity contribution < 1.29 is 14.6 Å². The Bertz CT molecular complexity index is 1220. The number of carbonyl (C=O) groups excluding carboxylic acids is 1. The number of benzene rings is 3. The highest BCUT2D eigenvalue weighted by molar-refractivity contribution is 5.95. The third-order valence-electron chi connectivity index (χ3n) is 8.18. The van der Waals surface area contributed by atoms with Crippen molar-refractivity contribution in [3.8, 4) is 11.5 Å². The fraction of sp³-hybridized carbons (Fsp3) is 0.387. The molecule has 2 saturated heterocycles. The molecule has 1 unspecified atom stereocenters. The molecule has 6 rings (SSSR count). The Morgan fingerprint density at radius 3 is 2.39 bits per heavy atom. The van der Waals surface area contributed by atoms with Gasteiger partial charge in [0.05, 0.1) is 6.10 Å². The fourth-order valence-electron chi connectivity index (χ4n) is 6.19. The van der Waals surface area contributed by atoms with Gasteiger partial charge in [0.25, 0.3) is 5.91 Å². The molecule has 5 nitrogen and oxygen atoms in total. The zero-order chi connectivity index (χ0) is 24.5. The second-order valence-electron chi connectivity index (χ2n) is 10.5. The summed E-state index contributed by atoms with van der Waals surface area (Å²) in [6.45, 7) is 4.34. The number of para-hydroxylation sites is 1. The number of ether oxygens (including phenoxy) is 1. The highest BCUT2D eigenvalue weighted by Crippen LogP contribution is 2.50. The molecule has 0 spiro atoms. The van der Waals surface area contributed by atoms with Crippen LogP contribution in [0.15, 0.2) is 72.8 Å². The molecule has 1 N–H and O–H groups in total. The van der Waals surface area contributed by atoms with Gasteiger partial charge < -0.3 is 19.6 Å². The summed E-state index contributed by atoms with van der Waals surface area (Å²) in [4.78, 5) is 17.4. The summed E-state index contributed by atoms with van der Waals surface area (Å²) in [6, 6.07) is 25.1. The Balaban J connectivity index is 1.20. The van der Waals surface area contributed by atoms with Crippen molar-refractivity contribution in [2.45, 2.75) is 37.7 Å². The minimum atomic E-state index is -0.419. The highest BCUT2D eigenvalue weighted by Gasteiger charge is 2.36. The summed E-state index contributed by atoms with van der Waals surface area (Å²) in [7, 11) is 0. The zero-order valence-corrected chi connectivity index (χ0v) is 20.7. The lowest BCUT2D eigenvalue weighted by molar-refractivity contribution is 0.0764. The van der Waals surface area contributed by atoms with E-state index in [1.165, 1.54) is 16.7 Å². The van der Waals surface area contributed by atoms with Crippen LogP contribution in [0.2, 0.25) is 0 Å². The Kier molecular flexibility index (Phi) is 6.51. The first kappa shape index (κ1) is 23.3. The van der Waals surface area contributed by atoms with Crippen LogP contribution in [0.25, 0.3) is 0 Å². The van der Waals surface area contributed by atoms with Crippen LogP contribution in [-0.4, -0.2) is 59.6 Å². The van der Waals surface area contributed by atoms with Crippen molar-refractivity contribution in [1.82, 2.24) is 9.80 Å². The lowest BCUT2D eigenvalue weighted by Gasteiger charge is -2.39. The van der Waals surface area contributed by atoms with Crippen LogP contribution in [0, 0.1) is 5.92 Å². The SMILES string of the molecule is O=C(c1ccc2c(c1)Oc1ccccc1C2C1CCN(CCc2ccccc2)CC1)N1CC[C@H](O)C1. The summed E-state index contributed by atoms with van der Waals surface area (Å²) < 4.78 is 6.35. The van der Waals surface area contributed by atoms with Gasteiger partial charge in [-0.05, 0) is 68.5 Å². The average Bonchev–Trinajstić information content (AvgIpc) is 3.37. The van der Waals surface area contributed by atoms with E-state index >= 15 is 0 Å². The van der Waals surface area contributed by atoms with E-state index in [2.05, 4.69) is 53.4 Å². The average molecular weight is 483 g/mol. The van der Waals surface area contributed by atoms with E-state index in [-0.39, 0.29) is 11.8 Å². The molecule has 2 atom stereocenters. The first-order chi connectivity index (χ1) is 17.7. The first-order valence-corrected chi connectivity index (χ1v) is 13.3. The first-order valence-electron chi connectivity index (χ1n) is 13.3. The number of hydrogen-bond acceptors (Lipinski definition) is 4. The predicted octanol–water partition coefficient (Wildman–Crippen LogP) is 5.09. The molecular formula is C31H34N2O3. The van der Waals surface area contributed by atoms with Gasteiger partial charge in [-0.15, -0.1) is 0 Å². The number of rotatable bonds is 5. The molecule has 5 heteroatoms. The van der Waals surface area contributed by atoms with Crippen molar-refractivity contribution >= 4 is 5.91 Å². The molecule has 0 saturated carbocycles. The molecule has 36 heavy (non-hydrogen) atoms. The lowest BCUT2D eigenvalue weighted by Crippen LogP contribution is -2.37. The number of likely N-dealkylation sites (tertiary alicyclic amines) is 2. The summed E-state index contributed by atoms with van der Waals surface area (Å²) in [5, 5.41) is 9.86. The molecule has 3 aliphatic heterocycles. The number of aliphatic hydroxyl groups is 1. The van der Waals surface area contributed by atoms with Gasteiger partial charge in [0.2, 0.25) is 0 Å². The number of hydrogen-bond donors (Lipinski definition) is 1. The van der Waals surface area contributed by atoms with Crippen LogP contribution in [0.3, 0.4) is 0 Å². The Morgan fingerprint density at radius 1 is 0.861 bits per heavy atom. The molecule has 3 aromatic carbocycles. The van der Waals surface area contributed by atoms with Crippen LogP contribution in [0.5, 0.6) is 11.5 Å². The molecule has 1 amide bonds. The van der Waals surface area contributed by atoms with Gasteiger partial charge >= 0.3 is 0 Å². The number of piperidine rings is 1. The summed E-state index contributed by atoms with van der Waals surface area (Å²) in [5.74, 6) is 2.50. The van der Waals surface area contributed by atoms with E-state index in [1.54, 1.807) is 4.90 Å². The van der Waals surface area contributed by atoms with Gasteiger partial charge in [0.1, 0.15) is 11.5 Å². The Morgan fingerprint density at radius 2 is 1.61 bits per heavy atom. The number of carbonyl (C=O) groups is 1. The zero-order valence-electron chi connectivity index (χ0n) is 20.7. The van der Waals surface area contributed by atoms with E-state index in [0.717, 1.165) is 50.4 Å². The molecule has 0 aromatic heterocycles. The summed E-state index contributed by atoms with van der Waals surface area (Å²) in [6.07, 6.45) is 3.63. The summed E-state index contributed by atoms with van der Waals surface area (Å²) >= 11 is 0. The van der Waals surface area contributed by atoms with E-state index in [9.17, 15) is 9.90 Å². The van der Waals surface area contributed by atoms with Crippen LogP contribution in [0.4, 0.5) is 0 Å². The van der Waals surface area contributed by atoms with Crippen LogP contribution in [-0.2, 0) is 6.42 Å². The fourth-order valence-corrected chi connectivity index (χ4v) is 6.19. The minimum absolute atomic E-state index is 0.0277. The third kappa shape index (κ3) is 4.65. The van der Waals surface area contributed by atoms with Crippen molar-refractivity contribution in [1.29, 1.82) is 0 Å². The van der Waals surface area contributed by atoms with Crippen LogP contribution in [0.1, 0.15) is 52.2 Å². The van der Waals surface area contributed by atoms with Gasteiger partial charge in [0, 0.05) is 42.2 Å². The maximum atomic E-state index is 13.1. The molecule has 3 aliphatic rings. The highest BCUT2D eigenvalue weighted by atomic mass is 16.5. The number of nitrogens with zero attached hydrogens (tertiary/aromatic N) is 2. The second-order valence-corrected chi connectivity index (χ2v) is 10.5. The second kappa shape index (κ2) is 10.1. The smallest absolute Gasteiger partial charge is 0.254 e.